The second kappa shape index (κ2) is 9.43. The van der Waals surface area contributed by atoms with Crippen molar-refractivity contribution in [2.24, 2.45) is 0 Å². The Hall–Kier alpha value is -3.66. The lowest BCUT2D eigenvalue weighted by Gasteiger charge is -2.32. The number of aryl methyl sites for hydroxylation is 1. The predicted octanol–water partition coefficient (Wildman–Crippen LogP) is 1.96. The van der Waals surface area contributed by atoms with Crippen LogP contribution in [0.25, 0.3) is 11.4 Å². The molecule has 2 heterocycles. The van der Waals surface area contributed by atoms with Crippen LogP contribution in [0.2, 0.25) is 0 Å². The highest BCUT2D eigenvalue weighted by Crippen LogP contribution is 2.34. The molecule has 1 aliphatic rings. The Balaban J connectivity index is 2.13. The number of benzene rings is 1. The summed E-state index contributed by atoms with van der Waals surface area (Å²) in [6.45, 7) is 3.55. The quantitative estimate of drug-likeness (QED) is 0.543. The number of ether oxygens (including phenoxy) is 4. The van der Waals surface area contributed by atoms with Gasteiger partial charge in [0, 0.05) is 11.3 Å². The van der Waals surface area contributed by atoms with Gasteiger partial charge in [0.2, 0.25) is 0 Å². The van der Waals surface area contributed by atoms with E-state index in [1.54, 1.807) is 38.1 Å². The van der Waals surface area contributed by atoms with E-state index in [0.717, 1.165) is 0 Å². The molecule has 0 atom stereocenters. The van der Waals surface area contributed by atoms with Crippen molar-refractivity contribution in [1.82, 2.24) is 9.97 Å². The summed E-state index contributed by atoms with van der Waals surface area (Å²) in [5.41, 5.74) is 1.86. The lowest BCUT2D eigenvalue weighted by Crippen LogP contribution is -2.39. The molecule has 0 aliphatic carbocycles. The topological polar surface area (TPSA) is 120 Å². The molecule has 164 valence electrons. The van der Waals surface area contributed by atoms with Crippen LogP contribution < -0.4 is 4.90 Å². The molecule has 2 aromatic rings. The maximum absolute atomic E-state index is 12.6. The molecule has 0 bridgehead atoms. The number of carbonyl (C=O) groups excluding carboxylic acids is 3. The minimum Gasteiger partial charge on any atom is -0.466 e. The van der Waals surface area contributed by atoms with E-state index in [1.807, 2.05) is 0 Å². The van der Waals surface area contributed by atoms with Crippen LogP contribution in [0.3, 0.4) is 0 Å². The SMILES string of the molecule is CCOC(=O)c1nc(-c2ccccc2N2COCC(C(=O)OC)=C2C(=O)OC)[nH]c1C. The summed E-state index contributed by atoms with van der Waals surface area (Å²) >= 11 is 0. The van der Waals surface area contributed by atoms with Gasteiger partial charge in [0.1, 0.15) is 18.3 Å². The number of rotatable bonds is 6. The number of carbonyl (C=O) groups is 3. The van der Waals surface area contributed by atoms with Crippen LogP contribution in [-0.2, 0) is 28.5 Å². The first-order chi connectivity index (χ1) is 14.9. The van der Waals surface area contributed by atoms with Crippen LogP contribution in [0.4, 0.5) is 5.69 Å². The number of aromatic nitrogens is 2. The van der Waals surface area contributed by atoms with E-state index in [4.69, 9.17) is 18.9 Å². The Kier molecular flexibility index (Phi) is 6.71. The molecule has 0 spiro atoms. The Bertz CT molecular complexity index is 1040. The van der Waals surface area contributed by atoms with Crippen molar-refractivity contribution < 1.29 is 33.3 Å². The maximum Gasteiger partial charge on any atom is 0.358 e. The Morgan fingerprint density at radius 3 is 2.52 bits per heavy atom. The zero-order valence-electron chi connectivity index (χ0n) is 17.7. The number of esters is 3. The third kappa shape index (κ3) is 4.29. The summed E-state index contributed by atoms with van der Waals surface area (Å²) in [5, 5.41) is 0. The minimum atomic E-state index is -0.707. The van der Waals surface area contributed by atoms with Gasteiger partial charge in [-0.2, -0.15) is 0 Å². The van der Waals surface area contributed by atoms with Crippen molar-refractivity contribution in [2.45, 2.75) is 13.8 Å². The molecule has 3 rings (SSSR count). The molecule has 1 aromatic heterocycles. The molecule has 1 aliphatic heterocycles. The molecule has 0 unspecified atom stereocenters. The number of para-hydroxylation sites is 1. The number of hydrogen-bond donors (Lipinski definition) is 1. The van der Waals surface area contributed by atoms with Crippen molar-refractivity contribution >= 4 is 23.6 Å². The number of hydrogen-bond acceptors (Lipinski definition) is 9. The highest BCUT2D eigenvalue weighted by molar-refractivity contribution is 6.04. The highest BCUT2D eigenvalue weighted by Gasteiger charge is 2.33. The van der Waals surface area contributed by atoms with Gasteiger partial charge in [0.25, 0.3) is 0 Å². The summed E-state index contributed by atoms with van der Waals surface area (Å²) in [5.74, 6) is -1.54. The number of H-pyrrole nitrogens is 1. The van der Waals surface area contributed by atoms with Gasteiger partial charge in [-0.05, 0) is 26.0 Å². The number of imidazole rings is 1. The number of aromatic amines is 1. The van der Waals surface area contributed by atoms with E-state index in [9.17, 15) is 14.4 Å². The Labute approximate surface area is 178 Å². The smallest absolute Gasteiger partial charge is 0.358 e. The molecule has 10 nitrogen and oxygen atoms in total. The zero-order chi connectivity index (χ0) is 22.5. The first kappa shape index (κ1) is 22.0. The van der Waals surface area contributed by atoms with Crippen LogP contribution in [-0.4, -0.2) is 62.0 Å². The van der Waals surface area contributed by atoms with E-state index in [2.05, 4.69) is 9.97 Å². The van der Waals surface area contributed by atoms with Crippen molar-refractivity contribution in [3.8, 4) is 11.4 Å². The molecule has 31 heavy (non-hydrogen) atoms. The van der Waals surface area contributed by atoms with Crippen molar-refractivity contribution in [3.63, 3.8) is 0 Å². The summed E-state index contributed by atoms with van der Waals surface area (Å²) in [7, 11) is 2.45. The normalized spacial score (nSPS) is 13.7. The number of nitrogens with zero attached hydrogens (tertiary/aromatic N) is 2. The maximum atomic E-state index is 12.6. The van der Waals surface area contributed by atoms with Gasteiger partial charge in [-0.3, -0.25) is 0 Å². The van der Waals surface area contributed by atoms with Crippen LogP contribution in [0.15, 0.2) is 35.5 Å². The molecule has 10 heteroatoms. The number of methoxy groups -OCH3 is 2. The second-order valence-electron chi connectivity index (χ2n) is 6.51. The lowest BCUT2D eigenvalue weighted by atomic mass is 10.1. The van der Waals surface area contributed by atoms with Gasteiger partial charge >= 0.3 is 17.9 Å². The molecule has 0 saturated carbocycles. The van der Waals surface area contributed by atoms with E-state index in [0.29, 0.717) is 22.8 Å². The van der Waals surface area contributed by atoms with Crippen molar-refractivity contribution in [1.29, 1.82) is 0 Å². The van der Waals surface area contributed by atoms with Gasteiger partial charge < -0.3 is 28.8 Å². The fourth-order valence-corrected chi connectivity index (χ4v) is 3.23. The molecule has 0 radical (unpaired) electrons. The Morgan fingerprint density at radius 2 is 1.84 bits per heavy atom. The summed E-state index contributed by atoms with van der Waals surface area (Å²) in [6, 6.07) is 7.06. The van der Waals surface area contributed by atoms with E-state index < -0.39 is 17.9 Å². The first-order valence-electron chi connectivity index (χ1n) is 9.51. The van der Waals surface area contributed by atoms with Crippen LogP contribution in [0.1, 0.15) is 23.1 Å². The second-order valence-corrected chi connectivity index (χ2v) is 6.51. The van der Waals surface area contributed by atoms with Gasteiger partial charge in [0.15, 0.2) is 5.69 Å². The standard InChI is InChI=1S/C21H23N3O7/c1-5-31-20(26)16-12(2)22-18(23-16)13-8-6-7-9-15(13)24-11-30-10-14(19(25)28-3)17(24)21(27)29-4/h6-9H,5,10-11H2,1-4H3,(H,22,23). The summed E-state index contributed by atoms with van der Waals surface area (Å²) in [6.07, 6.45) is 0. The molecule has 1 N–H and O–H groups in total. The molecular formula is C21H23N3O7. The van der Waals surface area contributed by atoms with E-state index in [1.165, 1.54) is 19.1 Å². The van der Waals surface area contributed by atoms with E-state index >= 15 is 0 Å². The van der Waals surface area contributed by atoms with Crippen LogP contribution >= 0.6 is 0 Å². The summed E-state index contributed by atoms with van der Waals surface area (Å²) in [4.78, 5) is 46.0. The molecule has 1 aromatic carbocycles. The van der Waals surface area contributed by atoms with E-state index in [-0.39, 0.29) is 36.9 Å². The monoisotopic (exact) mass is 429 g/mol. The Morgan fingerprint density at radius 1 is 1.13 bits per heavy atom. The van der Waals surface area contributed by atoms with Gasteiger partial charge in [-0.1, -0.05) is 12.1 Å². The van der Waals surface area contributed by atoms with Gasteiger partial charge in [-0.25, -0.2) is 19.4 Å². The van der Waals surface area contributed by atoms with Gasteiger partial charge in [-0.15, -0.1) is 0 Å². The third-order valence-electron chi connectivity index (χ3n) is 4.64. The largest absolute Gasteiger partial charge is 0.466 e. The molecule has 0 saturated heterocycles. The first-order valence-corrected chi connectivity index (χ1v) is 9.51. The average Bonchev–Trinajstić information content (AvgIpc) is 3.19. The molecular weight excluding hydrogens is 406 g/mol. The highest BCUT2D eigenvalue weighted by atomic mass is 16.5. The van der Waals surface area contributed by atoms with Gasteiger partial charge in [0.05, 0.1) is 38.7 Å². The zero-order valence-corrected chi connectivity index (χ0v) is 17.7. The molecule has 0 fully saturated rings. The minimum absolute atomic E-state index is 0.00757. The summed E-state index contributed by atoms with van der Waals surface area (Å²) < 4.78 is 20.3. The average molecular weight is 429 g/mol. The van der Waals surface area contributed by atoms with Crippen molar-refractivity contribution in [3.05, 3.63) is 46.9 Å². The fraction of sp³-hybridized carbons (Fsp3) is 0.333. The van der Waals surface area contributed by atoms with Crippen LogP contribution in [0.5, 0.6) is 0 Å². The van der Waals surface area contributed by atoms with Crippen molar-refractivity contribution in [2.75, 3.05) is 39.1 Å². The predicted molar refractivity (Wildman–Crippen MR) is 109 cm³/mol. The molecule has 0 amide bonds. The van der Waals surface area contributed by atoms with Crippen LogP contribution in [0, 0.1) is 6.92 Å². The number of nitrogens with one attached hydrogen (secondary N) is 1. The fourth-order valence-electron chi connectivity index (χ4n) is 3.23. The number of anilines is 1. The third-order valence-corrected chi connectivity index (χ3v) is 4.64. The lowest BCUT2D eigenvalue weighted by molar-refractivity contribution is -0.140.